The number of hydrogen-bond donors (Lipinski definition) is 4. The van der Waals surface area contributed by atoms with E-state index in [-0.39, 0.29) is 23.9 Å². The molecular formula is C25H31BrN4O4S. The normalized spacial score (nSPS) is 10.2. The molecule has 8 nitrogen and oxygen atoms in total. The van der Waals surface area contributed by atoms with Gasteiger partial charge in [-0.1, -0.05) is 56.5 Å². The molecule has 0 saturated carbocycles. The SMILES string of the molecule is CCCCCCOc1ccc(C(=O)NC(=S)NNC(=O)CCC(=O)NCc2ccccc2)cc1Br. The molecule has 0 aliphatic carbocycles. The summed E-state index contributed by atoms with van der Waals surface area (Å²) in [5.74, 6) is -0.440. The third-order valence-corrected chi connectivity index (χ3v) is 5.73. The number of nitrogens with one attached hydrogen (secondary N) is 4. The van der Waals surface area contributed by atoms with E-state index in [9.17, 15) is 14.4 Å². The number of carbonyl (C=O) groups is 3. The second kappa shape index (κ2) is 15.8. The predicted octanol–water partition coefficient (Wildman–Crippen LogP) is 4.14. The first-order chi connectivity index (χ1) is 16.9. The van der Waals surface area contributed by atoms with Gasteiger partial charge in [0.2, 0.25) is 11.8 Å². The molecule has 2 aromatic carbocycles. The molecule has 0 spiro atoms. The Morgan fingerprint density at radius 2 is 1.69 bits per heavy atom. The van der Waals surface area contributed by atoms with Gasteiger partial charge in [0.05, 0.1) is 11.1 Å². The van der Waals surface area contributed by atoms with E-state index >= 15 is 0 Å². The molecule has 2 aromatic rings. The highest BCUT2D eigenvalue weighted by molar-refractivity contribution is 9.10. The van der Waals surface area contributed by atoms with Gasteiger partial charge in [-0.25, -0.2) is 0 Å². The van der Waals surface area contributed by atoms with Gasteiger partial charge in [0.25, 0.3) is 5.91 Å². The molecule has 0 aliphatic rings. The summed E-state index contributed by atoms with van der Waals surface area (Å²) in [5.41, 5.74) is 6.19. The van der Waals surface area contributed by atoms with E-state index in [1.54, 1.807) is 18.2 Å². The van der Waals surface area contributed by atoms with Gasteiger partial charge >= 0.3 is 0 Å². The van der Waals surface area contributed by atoms with Gasteiger partial charge in [0, 0.05) is 24.9 Å². The van der Waals surface area contributed by atoms with Gasteiger partial charge in [-0.05, 0) is 58.3 Å². The molecule has 0 radical (unpaired) electrons. The number of benzene rings is 2. The number of amides is 3. The lowest BCUT2D eigenvalue weighted by Gasteiger charge is -2.12. The number of hydrazine groups is 1. The fraction of sp³-hybridized carbons (Fsp3) is 0.360. The topological polar surface area (TPSA) is 109 Å². The Hall–Kier alpha value is -2.98. The molecule has 0 bridgehead atoms. The number of hydrogen-bond acceptors (Lipinski definition) is 5. The summed E-state index contributed by atoms with van der Waals surface area (Å²) in [6, 6.07) is 14.5. The number of carbonyl (C=O) groups excluding carboxylic acids is 3. The molecule has 0 aliphatic heterocycles. The van der Waals surface area contributed by atoms with E-state index in [0.29, 0.717) is 28.9 Å². The number of halogens is 1. The van der Waals surface area contributed by atoms with Gasteiger partial charge in [-0.15, -0.1) is 0 Å². The Bertz CT molecular complexity index is 1000. The van der Waals surface area contributed by atoms with E-state index in [1.807, 2.05) is 30.3 Å². The Kier molecular flexibility index (Phi) is 12.8. The van der Waals surface area contributed by atoms with Crippen LogP contribution >= 0.6 is 28.1 Å². The van der Waals surface area contributed by atoms with E-state index in [0.717, 1.165) is 18.4 Å². The minimum atomic E-state index is -0.438. The smallest absolute Gasteiger partial charge is 0.257 e. The van der Waals surface area contributed by atoms with Crippen LogP contribution in [0.25, 0.3) is 0 Å². The molecule has 4 N–H and O–H groups in total. The predicted molar refractivity (Wildman–Crippen MR) is 143 cm³/mol. The van der Waals surface area contributed by atoms with Gasteiger partial charge in [-0.2, -0.15) is 0 Å². The summed E-state index contributed by atoms with van der Waals surface area (Å²) in [7, 11) is 0. The summed E-state index contributed by atoms with van der Waals surface area (Å²) in [6.07, 6.45) is 4.45. The fourth-order valence-electron chi connectivity index (χ4n) is 2.98. The lowest BCUT2D eigenvalue weighted by atomic mass is 10.2. The lowest BCUT2D eigenvalue weighted by molar-refractivity contribution is -0.126. The van der Waals surface area contributed by atoms with Gasteiger partial charge in [-0.3, -0.25) is 30.6 Å². The van der Waals surface area contributed by atoms with E-state index in [2.05, 4.69) is 44.3 Å². The van der Waals surface area contributed by atoms with Crippen molar-refractivity contribution in [3.8, 4) is 5.75 Å². The average Bonchev–Trinajstić information content (AvgIpc) is 2.86. The summed E-state index contributed by atoms with van der Waals surface area (Å²) in [5, 5.41) is 5.18. The van der Waals surface area contributed by atoms with Crippen molar-refractivity contribution in [2.45, 2.75) is 52.0 Å². The molecule has 3 amide bonds. The Morgan fingerprint density at radius 3 is 2.40 bits per heavy atom. The molecule has 0 saturated heterocycles. The van der Waals surface area contributed by atoms with Gasteiger partial charge < -0.3 is 10.1 Å². The quantitative estimate of drug-likeness (QED) is 0.176. The zero-order chi connectivity index (χ0) is 25.5. The van der Waals surface area contributed by atoms with Gasteiger partial charge in [0.1, 0.15) is 5.75 Å². The third kappa shape index (κ3) is 11.3. The Balaban J connectivity index is 1.66. The lowest BCUT2D eigenvalue weighted by Crippen LogP contribution is -2.48. The maximum Gasteiger partial charge on any atom is 0.257 e. The summed E-state index contributed by atoms with van der Waals surface area (Å²) in [4.78, 5) is 36.3. The number of thiocarbonyl (C=S) groups is 1. The molecule has 2 rings (SSSR count). The van der Waals surface area contributed by atoms with Crippen LogP contribution in [0.15, 0.2) is 53.0 Å². The molecule has 0 atom stereocenters. The van der Waals surface area contributed by atoms with Crippen LogP contribution in [0, 0.1) is 0 Å². The first-order valence-corrected chi connectivity index (χ1v) is 12.7. The number of ether oxygens (including phenoxy) is 1. The standard InChI is InChI=1S/C25H31BrN4O4S/c1-2-3-4-8-15-34-21-12-11-19(16-20(21)26)24(33)28-25(35)30-29-23(32)14-13-22(31)27-17-18-9-6-5-7-10-18/h5-7,9-12,16H,2-4,8,13-15,17H2,1H3,(H,27,31)(H,29,32)(H2,28,30,33,35). The average molecular weight is 564 g/mol. The molecule has 0 aromatic heterocycles. The highest BCUT2D eigenvalue weighted by Gasteiger charge is 2.12. The van der Waals surface area contributed by atoms with Crippen molar-refractivity contribution >= 4 is 51.0 Å². The molecule has 0 heterocycles. The van der Waals surface area contributed by atoms with E-state index < -0.39 is 11.8 Å². The number of unbranched alkanes of at least 4 members (excludes halogenated alkanes) is 3. The van der Waals surface area contributed by atoms with Crippen LogP contribution < -0.4 is 26.2 Å². The van der Waals surface area contributed by atoms with Crippen molar-refractivity contribution in [3.63, 3.8) is 0 Å². The summed E-state index contributed by atoms with van der Waals surface area (Å²) >= 11 is 8.48. The van der Waals surface area contributed by atoms with Crippen molar-refractivity contribution in [2.24, 2.45) is 0 Å². The molecule has 35 heavy (non-hydrogen) atoms. The van der Waals surface area contributed by atoms with Crippen LogP contribution in [0.3, 0.4) is 0 Å². The summed E-state index contributed by atoms with van der Waals surface area (Å²) in [6.45, 7) is 3.18. The zero-order valence-corrected chi connectivity index (χ0v) is 22.1. The minimum absolute atomic E-state index is 0.0283. The van der Waals surface area contributed by atoms with Crippen molar-refractivity contribution < 1.29 is 19.1 Å². The van der Waals surface area contributed by atoms with Crippen molar-refractivity contribution in [1.82, 2.24) is 21.5 Å². The highest BCUT2D eigenvalue weighted by Crippen LogP contribution is 2.26. The maximum absolute atomic E-state index is 12.4. The zero-order valence-electron chi connectivity index (χ0n) is 19.7. The van der Waals surface area contributed by atoms with Crippen molar-refractivity contribution in [3.05, 3.63) is 64.1 Å². The Labute approximate surface area is 219 Å². The fourth-order valence-corrected chi connectivity index (χ4v) is 3.61. The molecule has 0 fully saturated rings. The van der Waals surface area contributed by atoms with Crippen molar-refractivity contribution in [2.75, 3.05) is 6.61 Å². The van der Waals surface area contributed by atoms with Crippen LogP contribution in [0.2, 0.25) is 0 Å². The molecule has 0 unspecified atom stereocenters. The van der Waals surface area contributed by atoms with Gasteiger partial charge in [0.15, 0.2) is 5.11 Å². The first kappa shape index (κ1) is 28.3. The van der Waals surface area contributed by atoms with Crippen LogP contribution in [0.1, 0.15) is 61.4 Å². The van der Waals surface area contributed by atoms with Crippen molar-refractivity contribution in [1.29, 1.82) is 0 Å². The molecule has 10 heteroatoms. The maximum atomic E-state index is 12.4. The summed E-state index contributed by atoms with van der Waals surface area (Å²) < 4.78 is 6.41. The van der Waals surface area contributed by atoms with Crippen LogP contribution in [-0.4, -0.2) is 29.4 Å². The van der Waals surface area contributed by atoms with Crippen LogP contribution in [-0.2, 0) is 16.1 Å². The minimum Gasteiger partial charge on any atom is -0.492 e. The van der Waals surface area contributed by atoms with E-state index in [1.165, 1.54) is 12.8 Å². The Morgan fingerprint density at radius 1 is 0.943 bits per heavy atom. The number of rotatable bonds is 12. The molecular weight excluding hydrogens is 532 g/mol. The first-order valence-electron chi connectivity index (χ1n) is 11.5. The second-order valence-corrected chi connectivity index (χ2v) is 9.04. The van der Waals surface area contributed by atoms with Crippen LogP contribution in [0.4, 0.5) is 0 Å². The largest absolute Gasteiger partial charge is 0.492 e. The molecule has 188 valence electrons. The van der Waals surface area contributed by atoms with Crippen LogP contribution in [0.5, 0.6) is 5.75 Å². The van der Waals surface area contributed by atoms with E-state index in [4.69, 9.17) is 17.0 Å². The second-order valence-electron chi connectivity index (χ2n) is 7.77. The third-order valence-electron chi connectivity index (χ3n) is 4.90. The monoisotopic (exact) mass is 562 g/mol. The highest BCUT2D eigenvalue weighted by atomic mass is 79.9.